The van der Waals surface area contributed by atoms with E-state index in [1.165, 1.54) is 48.4 Å². The number of likely N-dealkylation sites (tertiary alicyclic amines) is 1. The summed E-state index contributed by atoms with van der Waals surface area (Å²) in [4.78, 5) is 5.70. The van der Waals surface area contributed by atoms with Gasteiger partial charge in [-0.15, -0.1) is 11.3 Å². The van der Waals surface area contributed by atoms with Gasteiger partial charge in [0.2, 0.25) is 0 Å². The highest BCUT2D eigenvalue weighted by molar-refractivity contribution is 7.12. The van der Waals surface area contributed by atoms with Crippen LogP contribution in [0, 0.1) is 5.92 Å². The third-order valence-corrected chi connectivity index (χ3v) is 6.98. The van der Waals surface area contributed by atoms with E-state index in [-0.39, 0.29) is 5.41 Å². The van der Waals surface area contributed by atoms with Crippen molar-refractivity contribution < 1.29 is 0 Å². The lowest BCUT2D eigenvalue weighted by Gasteiger charge is -2.36. The predicted octanol–water partition coefficient (Wildman–Crippen LogP) is 4.31. The topological polar surface area (TPSA) is 29.3 Å². The first-order chi connectivity index (χ1) is 10.0. The molecule has 1 aromatic rings. The van der Waals surface area contributed by atoms with E-state index in [9.17, 15) is 0 Å². The minimum Gasteiger partial charge on any atom is -0.329 e. The van der Waals surface area contributed by atoms with E-state index in [0.717, 1.165) is 18.5 Å². The summed E-state index contributed by atoms with van der Waals surface area (Å²) in [6.07, 6.45) is 7.07. The van der Waals surface area contributed by atoms with Crippen LogP contribution in [0.3, 0.4) is 0 Å². The molecule has 0 radical (unpaired) electrons. The quantitative estimate of drug-likeness (QED) is 0.901. The molecular formula is C18H30N2S. The Balaban J connectivity index is 1.80. The minimum atomic E-state index is 0.250. The number of nitrogens with two attached hydrogens (primary N) is 1. The maximum atomic E-state index is 6.19. The first-order valence-electron chi connectivity index (χ1n) is 8.56. The fourth-order valence-corrected chi connectivity index (χ4v) is 5.38. The third-order valence-electron chi connectivity index (χ3n) is 5.37. The summed E-state index contributed by atoms with van der Waals surface area (Å²) < 4.78 is 0. The Kier molecular flexibility index (Phi) is 4.45. The van der Waals surface area contributed by atoms with Gasteiger partial charge in [-0.25, -0.2) is 0 Å². The highest BCUT2D eigenvalue weighted by atomic mass is 32.1. The predicted molar refractivity (Wildman–Crippen MR) is 91.9 cm³/mol. The number of hydrogen-bond donors (Lipinski definition) is 1. The van der Waals surface area contributed by atoms with E-state index >= 15 is 0 Å². The lowest BCUT2D eigenvalue weighted by atomic mass is 9.85. The van der Waals surface area contributed by atoms with Gasteiger partial charge in [0, 0.05) is 22.3 Å². The van der Waals surface area contributed by atoms with Crippen LogP contribution in [-0.2, 0) is 5.41 Å². The number of fused-ring (bicyclic) bond motifs is 1. The smallest absolute Gasteiger partial charge is 0.0566 e. The van der Waals surface area contributed by atoms with Gasteiger partial charge in [-0.2, -0.15) is 0 Å². The molecule has 3 unspecified atom stereocenters. The molecule has 118 valence electrons. The molecule has 2 heterocycles. The van der Waals surface area contributed by atoms with Crippen LogP contribution < -0.4 is 5.73 Å². The summed E-state index contributed by atoms with van der Waals surface area (Å²) in [6, 6.07) is 5.89. The van der Waals surface area contributed by atoms with Crippen LogP contribution in [0.5, 0.6) is 0 Å². The first-order valence-corrected chi connectivity index (χ1v) is 9.38. The summed E-state index contributed by atoms with van der Waals surface area (Å²) in [5.41, 5.74) is 6.44. The Hall–Kier alpha value is -0.380. The molecule has 2 aliphatic rings. The van der Waals surface area contributed by atoms with Gasteiger partial charge in [0.25, 0.3) is 0 Å². The zero-order valence-corrected chi connectivity index (χ0v) is 14.6. The number of nitrogens with zero attached hydrogens (tertiary/aromatic N) is 1. The van der Waals surface area contributed by atoms with Gasteiger partial charge in [-0.1, -0.05) is 33.6 Å². The minimum absolute atomic E-state index is 0.250. The Morgan fingerprint density at radius 3 is 2.67 bits per heavy atom. The maximum Gasteiger partial charge on any atom is 0.0566 e. The summed E-state index contributed by atoms with van der Waals surface area (Å²) in [5, 5.41) is 0. The average molecular weight is 307 g/mol. The van der Waals surface area contributed by atoms with Crippen molar-refractivity contribution in [2.45, 2.75) is 70.4 Å². The van der Waals surface area contributed by atoms with Gasteiger partial charge < -0.3 is 5.73 Å². The van der Waals surface area contributed by atoms with Crippen LogP contribution in [0.1, 0.15) is 68.7 Å². The van der Waals surface area contributed by atoms with Crippen molar-refractivity contribution in [2.75, 3.05) is 13.1 Å². The van der Waals surface area contributed by atoms with Crippen molar-refractivity contribution >= 4 is 11.3 Å². The summed E-state index contributed by atoms with van der Waals surface area (Å²) in [5.74, 6) is 0.940. The summed E-state index contributed by atoms with van der Waals surface area (Å²) >= 11 is 1.98. The fourth-order valence-electron chi connectivity index (χ4n) is 4.18. The second-order valence-electron chi connectivity index (χ2n) is 7.84. The van der Waals surface area contributed by atoms with E-state index in [0.29, 0.717) is 6.04 Å². The SMILES string of the molecule is CC(C)(C)c1ccc(C(CN)N2CCC3CCCCC32)s1. The normalized spacial score (nSPS) is 28.6. The molecule has 3 heteroatoms. The van der Waals surface area contributed by atoms with Crippen molar-refractivity contribution in [3.05, 3.63) is 21.9 Å². The van der Waals surface area contributed by atoms with Crippen LogP contribution in [0.15, 0.2) is 12.1 Å². The average Bonchev–Trinajstić information content (AvgIpc) is 3.07. The lowest BCUT2D eigenvalue weighted by Crippen LogP contribution is -2.40. The third kappa shape index (κ3) is 3.06. The molecule has 1 saturated carbocycles. The van der Waals surface area contributed by atoms with Crippen LogP contribution in [0.2, 0.25) is 0 Å². The molecule has 0 spiro atoms. The molecule has 0 aromatic carbocycles. The Labute approximate surface area is 133 Å². The van der Waals surface area contributed by atoms with Crippen molar-refractivity contribution in [1.29, 1.82) is 0 Å². The Morgan fingerprint density at radius 2 is 2.00 bits per heavy atom. The molecule has 1 aliphatic heterocycles. The van der Waals surface area contributed by atoms with Crippen molar-refractivity contribution in [3.63, 3.8) is 0 Å². The van der Waals surface area contributed by atoms with Crippen LogP contribution in [-0.4, -0.2) is 24.0 Å². The standard InChI is InChI=1S/C18H30N2S/c1-18(2,3)17-9-8-16(21-17)15(12-19)20-11-10-13-6-4-5-7-14(13)20/h8-9,13-15H,4-7,10-12,19H2,1-3H3. The second kappa shape index (κ2) is 6.02. The number of rotatable bonds is 3. The molecule has 2 fully saturated rings. The van der Waals surface area contributed by atoms with E-state index in [4.69, 9.17) is 5.73 Å². The van der Waals surface area contributed by atoms with Crippen molar-refractivity contribution in [2.24, 2.45) is 11.7 Å². The molecule has 1 aromatic heterocycles. The van der Waals surface area contributed by atoms with E-state index in [2.05, 4.69) is 37.8 Å². The maximum absolute atomic E-state index is 6.19. The molecule has 1 saturated heterocycles. The summed E-state index contributed by atoms with van der Waals surface area (Å²) in [7, 11) is 0. The first kappa shape index (κ1) is 15.5. The Bertz CT molecular complexity index is 474. The molecule has 2 nitrogen and oxygen atoms in total. The van der Waals surface area contributed by atoms with E-state index < -0.39 is 0 Å². The highest BCUT2D eigenvalue weighted by Gasteiger charge is 2.39. The van der Waals surface area contributed by atoms with Gasteiger partial charge in [-0.05, 0) is 49.3 Å². The van der Waals surface area contributed by atoms with Crippen molar-refractivity contribution in [3.8, 4) is 0 Å². The van der Waals surface area contributed by atoms with E-state index in [1.54, 1.807) is 0 Å². The van der Waals surface area contributed by atoms with Gasteiger partial charge in [0.15, 0.2) is 0 Å². The van der Waals surface area contributed by atoms with Crippen LogP contribution >= 0.6 is 11.3 Å². The van der Waals surface area contributed by atoms with Gasteiger partial charge in [0.05, 0.1) is 6.04 Å². The molecule has 0 amide bonds. The van der Waals surface area contributed by atoms with Gasteiger partial charge in [-0.3, -0.25) is 4.90 Å². The molecular weight excluding hydrogens is 276 g/mol. The van der Waals surface area contributed by atoms with Crippen LogP contribution in [0.25, 0.3) is 0 Å². The fraction of sp³-hybridized carbons (Fsp3) is 0.778. The lowest BCUT2D eigenvalue weighted by molar-refractivity contribution is 0.137. The molecule has 1 aliphatic carbocycles. The van der Waals surface area contributed by atoms with E-state index in [1.807, 2.05) is 11.3 Å². The number of thiophene rings is 1. The highest BCUT2D eigenvalue weighted by Crippen LogP contribution is 2.42. The number of hydrogen-bond acceptors (Lipinski definition) is 3. The molecule has 2 N–H and O–H groups in total. The zero-order chi connectivity index (χ0) is 15.0. The summed E-state index contributed by atoms with van der Waals surface area (Å²) in [6.45, 7) is 8.90. The largest absolute Gasteiger partial charge is 0.329 e. The van der Waals surface area contributed by atoms with Gasteiger partial charge in [0.1, 0.15) is 0 Å². The second-order valence-corrected chi connectivity index (χ2v) is 8.96. The molecule has 21 heavy (non-hydrogen) atoms. The van der Waals surface area contributed by atoms with Crippen LogP contribution in [0.4, 0.5) is 0 Å². The molecule has 3 atom stereocenters. The van der Waals surface area contributed by atoms with Gasteiger partial charge >= 0.3 is 0 Å². The van der Waals surface area contributed by atoms with Crippen molar-refractivity contribution in [1.82, 2.24) is 4.90 Å². The Morgan fingerprint density at radius 1 is 1.24 bits per heavy atom. The molecule has 3 rings (SSSR count). The molecule has 0 bridgehead atoms. The monoisotopic (exact) mass is 306 g/mol. The zero-order valence-electron chi connectivity index (χ0n) is 13.8.